The van der Waals surface area contributed by atoms with E-state index in [1.54, 1.807) is 4.90 Å². The zero-order valence-electron chi connectivity index (χ0n) is 16.4. The number of para-hydroxylation sites is 1. The molecule has 0 unspecified atom stereocenters. The summed E-state index contributed by atoms with van der Waals surface area (Å²) in [4.78, 5) is 32.0. The van der Waals surface area contributed by atoms with Crippen molar-refractivity contribution in [2.45, 2.75) is 38.5 Å². The number of hydrogen-bond acceptors (Lipinski definition) is 3. The van der Waals surface area contributed by atoms with Crippen molar-refractivity contribution in [1.82, 2.24) is 9.80 Å². The molecule has 3 aliphatic rings. The van der Waals surface area contributed by atoms with Crippen LogP contribution < -0.4 is 4.90 Å². The lowest BCUT2D eigenvalue weighted by Gasteiger charge is -2.42. The molecule has 27 heavy (non-hydrogen) atoms. The SMILES string of the molecule is CN(C(=O)CN1CC[C@]2(CCCN(CC3CCC3)C2=O)C1)c1ccccc1. The maximum atomic E-state index is 13.2. The van der Waals surface area contributed by atoms with Crippen molar-refractivity contribution in [2.24, 2.45) is 11.3 Å². The van der Waals surface area contributed by atoms with E-state index < -0.39 is 0 Å². The first kappa shape index (κ1) is 18.5. The van der Waals surface area contributed by atoms with Crippen LogP contribution in [0.15, 0.2) is 30.3 Å². The Balaban J connectivity index is 1.36. The Hall–Kier alpha value is -1.88. The number of rotatable bonds is 5. The first-order chi connectivity index (χ1) is 13.1. The molecule has 146 valence electrons. The van der Waals surface area contributed by atoms with E-state index in [1.165, 1.54) is 19.3 Å². The van der Waals surface area contributed by atoms with Crippen molar-refractivity contribution in [2.75, 3.05) is 44.7 Å². The lowest BCUT2D eigenvalue weighted by Crippen LogP contribution is -2.52. The number of hydrogen-bond donors (Lipinski definition) is 0. The molecular formula is C22H31N3O2. The Labute approximate surface area is 162 Å². The van der Waals surface area contributed by atoms with E-state index in [0.29, 0.717) is 12.5 Å². The van der Waals surface area contributed by atoms with Crippen molar-refractivity contribution in [3.05, 3.63) is 30.3 Å². The van der Waals surface area contributed by atoms with Gasteiger partial charge < -0.3 is 9.80 Å². The van der Waals surface area contributed by atoms with Gasteiger partial charge in [-0.25, -0.2) is 0 Å². The molecule has 0 aromatic heterocycles. The summed E-state index contributed by atoms with van der Waals surface area (Å²) in [6.07, 6.45) is 6.86. The summed E-state index contributed by atoms with van der Waals surface area (Å²) in [7, 11) is 1.83. The van der Waals surface area contributed by atoms with Gasteiger partial charge in [0, 0.05) is 32.4 Å². The van der Waals surface area contributed by atoms with Gasteiger partial charge in [-0.3, -0.25) is 14.5 Å². The lowest BCUT2D eigenvalue weighted by atomic mass is 9.77. The van der Waals surface area contributed by atoms with Gasteiger partial charge in [-0.2, -0.15) is 0 Å². The highest BCUT2D eigenvalue weighted by atomic mass is 16.2. The minimum Gasteiger partial charge on any atom is -0.342 e. The molecule has 2 heterocycles. The molecule has 2 saturated heterocycles. The van der Waals surface area contributed by atoms with Gasteiger partial charge in [-0.05, 0) is 56.7 Å². The Morgan fingerprint density at radius 1 is 1.15 bits per heavy atom. The molecule has 1 atom stereocenters. The zero-order valence-corrected chi connectivity index (χ0v) is 16.4. The van der Waals surface area contributed by atoms with Crippen LogP contribution in [0, 0.1) is 11.3 Å². The van der Waals surface area contributed by atoms with Crippen LogP contribution in [-0.2, 0) is 9.59 Å². The number of carbonyl (C=O) groups excluding carboxylic acids is 2. The minimum atomic E-state index is -0.242. The first-order valence-electron chi connectivity index (χ1n) is 10.4. The second kappa shape index (κ2) is 7.63. The molecule has 1 saturated carbocycles. The van der Waals surface area contributed by atoms with Crippen molar-refractivity contribution in [3.8, 4) is 0 Å². The number of likely N-dealkylation sites (N-methyl/N-ethyl adjacent to an activating group) is 1. The highest BCUT2D eigenvalue weighted by Crippen LogP contribution is 2.41. The lowest BCUT2D eigenvalue weighted by molar-refractivity contribution is -0.147. The summed E-state index contributed by atoms with van der Waals surface area (Å²) in [5.41, 5.74) is 0.671. The monoisotopic (exact) mass is 369 g/mol. The summed E-state index contributed by atoms with van der Waals surface area (Å²) >= 11 is 0. The Kier molecular flexibility index (Phi) is 5.22. The number of carbonyl (C=O) groups is 2. The Morgan fingerprint density at radius 2 is 1.93 bits per heavy atom. The van der Waals surface area contributed by atoms with Crippen molar-refractivity contribution in [3.63, 3.8) is 0 Å². The van der Waals surface area contributed by atoms with E-state index in [4.69, 9.17) is 0 Å². The van der Waals surface area contributed by atoms with Gasteiger partial charge in [0.2, 0.25) is 11.8 Å². The fraction of sp³-hybridized carbons (Fsp3) is 0.636. The van der Waals surface area contributed by atoms with Gasteiger partial charge in [0.25, 0.3) is 0 Å². The molecule has 2 amide bonds. The summed E-state index contributed by atoms with van der Waals surface area (Å²) in [6, 6.07) is 9.75. The van der Waals surface area contributed by atoms with Crippen LogP contribution in [0.4, 0.5) is 5.69 Å². The third-order valence-electron chi connectivity index (χ3n) is 6.84. The average molecular weight is 370 g/mol. The summed E-state index contributed by atoms with van der Waals surface area (Å²) < 4.78 is 0. The molecule has 1 aromatic carbocycles. The first-order valence-corrected chi connectivity index (χ1v) is 10.4. The highest BCUT2D eigenvalue weighted by molar-refractivity contribution is 5.94. The molecule has 1 aliphatic carbocycles. The van der Waals surface area contributed by atoms with Gasteiger partial charge in [-0.15, -0.1) is 0 Å². The van der Waals surface area contributed by atoms with Gasteiger partial charge in [0.05, 0.1) is 12.0 Å². The fourth-order valence-corrected chi connectivity index (χ4v) is 4.88. The van der Waals surface area contributed by atoms with Crippen molar-refractivity contribution >= 4 is 17.5 Å². The van der Waals surface area contributed by atoms with Crippen molar-refractivity contribution in [1.29, 1.82) is 0 Å². The highest BCUT2D eigenvalue weighted by Gasteiger charge is 2.48. The van der Waals surface area contributed by atoms with Gasteiger partial charge in [-0.1, -0.05) is 24.6 Å². The van der Waals surface area contributed by atoms with Crippen molar-refractivity contribution < 1.29 is 9.59 Å². The van der Waals surface area contributed by atoms with E-state index in [2.05, 4.69) is 9.80 Å². The Morgan fingerprint density at radius 3 is 2.63 bits per heavy atom. The van der Waals surface area contributed by atoms with Crippen LogP contribution in [0.1, 0.15) is 38.5 Å². The second-order valence-corrected chi connectivity index (χ2v) is 8.68. The smallest absolute Gasteiger partial charge is 0.240 e. The maximum absolute atomic E-state index is 13.2. The molecule has 0 N–H and O–H groups in total. The van der Waals surface area contributed by atoms with E-state index in [1.807, 2.05) is 37.4 Å². The normalized spacial score (nSPS) is 26.4. The molecule has 0 bridgehead atoms. The van der Waals surface area contributed by atoms with Crippen LogP contribution in [0.3, 0.4) is 0 Å². The van der Waals surface area contributed by atoms with Gasteiger partial charge in [0.1, 0.15) is 0 Å². The largest absolute Gasteiger partial charge is 0.342 e. The molecule has 1 aromatic rings. The van der Waals surface area contributed by atoms with Crippen LogP contribution in [0.25, 0.3) is 0 Å². The standard InChI is InChI=1S/C22H31N3O2/c1-23(19-9-3-2-4-10-19)20(26)16-24-14-12-22(17-24)11-6-13-25(21(22)27)15-18-7-5-8-18/h2-4,9-10,18H,5-8,11-17H2,1H3/t22-/m1/s1. The summed E-state index contributed by atoms with van der Waals surface area (Å²) in [5, 5.41) is 0. The number of anilines is 1. The number of nitrogens with zero attached hydrogens (tertiary/aromatic N) is 3. The number of amides is 2. The summed E-state index contributed by atoms with van der Waals surface area (Å²) in [6.45, 7) is 3.85. The molecular weight excluding hydrogens is 338 g/mol. The molecule has 3 fully saturated rings. The van der Waals surface area contributed by atoms with E-state index >= 15 is 0 Å². The number of benzene rings is 1. The molecule has 4 rings (SSSR count). The molecule has 1 spiro atoms. The quantitative estimate of drug-likeness (QED) is 0.802. The average Bonchev–Trinajstić information content (AvgIpc) is 3.05. The topological polar surface area (TPSA) is 43.9 Å². The molecule has 0 radical (unpaired) electrons. The molecule has 5 nitrogen and oxygen atoms in total. The van der Waals surface area contributed by atoms with Gasteiger partial charge >= 0.3 is 0 Å². The summed E-state index contributed by atoms with van der Waals surface area (Å²) in [5.74, 6) is 1.17. The van der Waals surface area contributed by atoms with Crippen LogP contribution in [0.2, 0.25) is 0 Å². The predicted octanol–water partition coefficient (Wildman–Crippen LogP) is 2.76. The maximum Gasteiger partial charge on any atom is 0.240 e. The third-order valence-corrected chi connectivity index (χ3v) is 6.84. The predicted molar refractivity (Wildman–Crippen MR) is 106 cm³/mol. The van der Waals surface area contributed by atoms with Crippen LogP contribution in [-0.4, -0.2) is 61.4 Å². The zero-order chi connectivity index (χ0) is 18.9. The fourth-order valence-electron chi connectivity index (χ4n) is 4.88. The minimum absolute atomic E-state index is 0.0906. The number of likely N-dealkylation sites (tertiary alicyclic amines) is 2. The van der Waals surface area contributed by atoms with E-state index in [0.717, 1.165) is 57.0 Å². The van der Waals surface area contributed by atoms with Crippen LogP contribution >= 0.6 is 0 Å². The molecule has 2 aliphatic heterocycles. The third kappa shape index (κ3) is 3.75. The van der Waals surface area contributed by atoms with E-state index in [9.17, 15) is 9.59 Å². The Bertz CT molecular complexity index is 688. The van der Waals surface area contributed by atoms with Gasteiger partial charge in [0.15, 0.2) is 0 Å². The van der Waals surface area contributed by atoms with E-state index in [-0.39, 0.29) is 11.3 Å². The molecule has 5 heteroatoms. The number of piperidine rings is 1. The van der Waals surface area contributed by atoms with Crippen LogP contribution in [0.5, 0.6) is 0 Å². The second-order valence-electron chi connectivity index (χ2n) is 8.68.